The average Bonchev–Trinajstić information content (AvgIpc) is 2.89. The number of anilines is 1. The Kier molecular flexibility index (Phi) is 7.04. The van der Waals surface area contributed by atoms with Crippen LogP contribution < -0.4 is 11.1 Å². The van der Waals surface area contributed by atoms with E-state index in [2.05, 4.69) is 11.4 Å². The molecule has 2 rings (SSSR count). The molecule has 0 atom stereocenters. The van der Waals surface area contributed by atoms with Crippen molar-refractivity contribution in [3.63, 3.8) is 0 Å². The molecule has 5 heteroatoms. The quantitative estimate of drug-likeness (QED) is 0.860. The standard InChI is InChI=1S/C16H24N2OS.ClH/c1-16(2,17)15(19)18-13-7-5-6-12(10-13)11-20-14-8-3-4-9-14;/h5-7,10,14H,3-4,8-9,11,17H2,1-2H3,(H,18,19);1H. The van der Waals surface area contributed by atoms with Crippen LogP contribution in [0.2, 0.25) is 0 Å². The molecule has 3 nitrogen and oxygen atoms in total. The topological polar surface area (TPSA) is 55.1 Å². The van der Waals surface area contributed by atoms with Crippen molar-refractivity contribution in [3.05, 3.63) is 29.8 Å². The fraction of sp³-hybridized carbons (Fsp3) is 0.562. The van der Waals surface area contributed by atoms with Gasteiger partial charge in [0.2, 0.25) is 5.91 Å². The molecule has 0 saturated heterocycles. The second-order valence-corrected chi connectivity index (χ2v) is 7.38. The second-order valence-electron chi connectivity index (χ2n) is 6.09. The highest BCUT2D eigenvalue weighted by Gasteiger charge is 2.21. The summed E-state index contributed by atoms with van der Waals surface area (Å²) >= 11 is 2.03. The number of nitrogens with one attached hydrogen (secondary N) is 1. The Balaban J connectivity index is 0.00000220. The molecule has 0 aromatic heterocycles. The number of nitrogens with two attached hydrogens (primary N) is 1. The summed E-state index contributed by atoms with van der Waals surface area (Å²) in [5, 5.41) is 3.69. The molecule has 1 fully saturated rings. The minimum Gasteiger partial charge on any atom is -0.325 e. The molecule has 1 aromatic rings. The summed E-state index contributed by atoms with van der Waals surface area (Å²) in [6.07, 6.45) is 5.45. The van der Waals surface area contributed by atoms with Gasteiger partial charge < -0.3 is 11.1 Å². The van der Waals surface area contributed by atoms with E-state index in [1.54, 1.807) is 13.8 Å². The lowest BCUT2D eigenvalue weighted by Gasteiger charge is -2.18. The molecule has 3 N–H and O–H groups in total. The monoisotopic (exact) mass is 328 g/mol. The number of hydrogen-bond donors (Lipinski definition) is 2. The van der Waals surface area contributed by atoms with Crippen molar-refractivity contribution in [2.75, 3.05) is 5.32 Å². The molecule has 1 aromatic carbocycles. The lowest BCUT2D eigenvalue weighted by molar-refractivity contribution is -0.120. The van der Waals surface area contributed by atoms with E-state index >= 15 is 0 Å². The number of carbonyl (C=O) groups excluding carboxylic acids is 1. The van der Waals surface area contributed by atoms with Crippen LogP contribution in [0.5, 0.6) is 0 Å². The Labute approximate surface area is 137 Å². The van der Waals surface area contributed by atoms with Crippen LogP contribution in [0.4, 0.5) is 5.69 Å². The van der Waals surface area contributed by atoms with E-state index in [-0.39, 0.29) is 18.3 Å². The van der Waals surface area contributed by atoms with Gasteiger partial charge in [0, 0.05) is 16.7 Å². The fourth-order valence-electron chi connectivity index (χ4n) is 2.30. The van der Waals surface area contributed by atoms with Crippen molar-refractivity contribution >= 4 is 35.8 Å². The molecule has 1 aliphatic carbocycles. The summed E-state index contributed by atoms with van der Waals surface area (Å²) in [5.74, 6) is 0.860. The molecule has 0 aliphatic heterocycles. The van der Waals surface area contributed by atoms with Crippen LogP contribution in [0.15, 0.2) is 24.3 Å². The third-order valence-corrected chi connectivity index (χ3v) is 5.00. The number of rotatable bonds is 5. The zero-order valence-electron chi connectivity index (χ0n) is 12.7. The maximum absolute atomic E-state index is 11.9. The fourth-order valence-corrected chi connectivity index (χ4v) is 3.57. The van der Waals surface area contributed by atoms with Crippen molar-refractivity contribution in [3.8, 4) is 0 Å². The van der Waals surface area contributed by atoms with E-state index in [1.165, 1.54) is 31.2 Å². The van der Waals surface area contributed by atoms with Crippen molar-refractivity contribution < 1.29 is 4.79 Å². The van der Waals surface area contributed by atoms with Gasteiger partial charge in [0.15, 0.2) is 0 Å². The van der Waals surface area contributed by atoms with Crippen molar-refractivity contribution in [1.29, 1.82) is 0 Å². The summed E-state index contributed by atoms with van der Waals surface area (Å²) in [7, 11) is 0. The molecule has 0 spiro atoms. The van der Waals surface area contributed by atoms with Gasteiger partial charge in [0.1, 0.15) is 0 Å². The molecule has 0 unspecified atom stereocenters. The molecule has 1 saturated carbocycles. The summed E-state index contributed by atoms with van der Waals surface area (Å²) in [5.41, 5.74) is 7.03. The van der Waals surface area contributed by atoms with Crippen molar-refractivity contribution in [1.82, 2.24) is 0 Å². The highest BCUT2D eigenvalue weighted by molar-refractivity contribution is 7.99. The van der Waals surface area contributed by atoms with E-state index in [0.717, 1.165) is 16.7 Å². The zero-order valence-corrected chi connectivity index (χ0v) is 14.4. The summed E-state index contributed by atoms with van der Waals surface area (Å²) in [4.78, 5) is 11.9. The first-order valence-corrected chi connectivity index (χ1v) is 8.31. The Morgan fingerprint density at radius 3 is 2.67 bits per heavy atom. The summed E-state index contributed by atoms with van der Waals surface area (Å²) < 4.78 is 0. The Hall–Kier alpha value is -0.710. The number of benzene rings is 1. The highest BCUT2D eigenvalue weighted by Crippen LogP contribution is 2.31. The van der Waals surface area contributed by atoms with Crippen LogP contribution in [-0.2, 0) is 10.5 Å². The van der Waals surface area contributed by atoms with Crippen LogP contribution >= 0.6 is 24.2 Å². The minimum absolute atomic E-state index is 0. The normalized spacial score (nSPS) is 15.6. The second kappa shape index (κ2) is 8.06. The average molecular weight is 329 g/mol. The van der Waals surface area contributed by atoms with Gasteiger partial charge in [-0.15, -0.1) is 12.4 Å². The van der Waals surface area contributed by atoms with Crippen molar-refractivity contribution in [2.45, 2.75) is 56.1 Å². The summed E-state index contributed by atoms with van der Waals surface area (Å²) in [6.45, 7) is 3.42. The molecule has 1 aliphatic rings. The Morgan fingerprint density at radius 2 is 2.05 bits per heavy atom. The first kappa shape index (κ1) is 18.3. The van der Waals surface area contributed by atoms with E-state index < -0.39 is 5.54 Å². The number of amides is 1. The van der Waals surface area contributed by atoms with Gasteiger partial charge in [0.05, 0.1) is 5.54 Å². The zero-order chi connectivity index (χ0) is 14.6. The molecule has 1 amide bonds. The van der Waals surface area contributed by atoms with Gasteiger partial charge in [-0.1, -0.05) is 25.0 Å². The van der Waals surface area contributed by atoms with E-state index in [0.29, 0.717) is 0 Å². The lowest BCUT2D eigenvalue weighted by atomic mass is 10.1. The molecule has 21 heavy (non-hydrogen) atoms. The molecule has 0 radical (unpaired) electrons. The molecular formula is C16H25ClN2OS. The van der Waals surface area contributed by atoms with Crippen LogP contribution in [0, 0.1) is 0 Å². The van der Waals surface area contributed by atoms with Gasteiger partial charge >= 0.3 is 0 Å². The van der Waals surface area contributed by atoms with Gasteiger partial charge in [-0.05, 0) is 44.4 Å². The van der Waals surface area contributed by atoms with Gasteiger partial charge in [0.25, 0.3) is 0 Å². The van der Waals surface area contributed by atoms with E-state index in [1.807, 2.05) is 30.0 Å². The lowest BCUT2D eigenvalue weighted by Crippen LogP contribution is -2.45. The number of carbonyl (C=O) groups is 1. The first-order valence-electron chi connectivity index (χ1n) is 7.26. The van der Waals surface area contributed by atoms with Crippen molar-refractivity contribution in [2.24, 2.45) is 5.73 Å². The van der Waals surface area contributed by atoms with Crippen LogP contribution in [0.25, 0.3) is 0 Å². The Morgan fingerprint density at radius 1 is 1.38 bits per heavy atom. The number of thioether (sulfide) groups is 1. The molecule has 0 bridgehead atoms. The van der Waals surface area contributed by atoms with Gasteiger partial charge in [-0.3, -0.25) is 4.79 Å². The highest BCUT2D eigenvalue weighted by atomic mass is 35.5. The van der Waals surface area contributed by atoms with Crippen LogP contribution in [0.3, 0.4) is 0 Å². The van der Waals surface area contributed by atoms with E-state index in [4.69, 9.17) is 5.73 Å². The van der Waals surface area contributed by atoms with E-state index in [9.17, 15) is 4.79 Å². The van der Waals surface area contributed by atoms with Gasteiger partial charge in [-0.25, -0.2) is 0 Å². The SMILES string of the molecule is CC(C)(N)C(=O)Nc1cccc(CSC2CCCC2)c1.Cl. The largest absolute Gasteiger partial charge is 0.325 e. The smallest absolute Gasteiger partial charge is 0.243 e. The molecule has 0 heterocycles. The maximum atomic E-state index is 11.9. The maximum Gasteiger partial charge on any atom is 0.243 e. The predicted molar refractivity (Wildman–Crippen MR) is 94.1 cm³/mol. The first-order chi connectivity index (χ1) is 9.45. The van der Waals surface area contributed by atoms with Crippen LogP contribution in [-0.4, -0.2) is 16.7 Å². The Bertz CT molecular complexity index is 468. The third-order valence-electron chi connectivity index (χ3n) is 3.56. The number of halogens is 1. The van der Waals surface area contributed by atoms with Gasteiger partial charge in [-0.2, -0.15) is 11.8 Å². The predicted octanol–water partition coefficient (Wildman–Crippen LogP) is 3.96. The molecule has 118 valence electrons. The number of hydrogen-bond acceptors (Lipinski definition) is 3. The van der Waals surface area contributed by atoms with Crippen LogP contribution in [0.1, 0.15) is 45.1 Å². The summed E-state index contributed by atoms with van der Waals surface area (Å²) in [6, 6.07) is 8.06. The molecular weight excluding hydrogens is 304 g/mol. The minimum atomic E-state index is -0.853. The third kappa shape index (κ3) is 5.89.